The van der Waals surface area contributed by atoms with Crippen molar-refractivity contribution in [3.63, 3.8) is 0 Å². The molecule has 1 amide bonds. The maximum atomic E-state index is 12.5. The van der Waals surface area contributed by atoms with E-state index in [1.807, 2.05) is 24.3 Å². The Labute approximate surface area is 176 Å². The summed E-state index contributed by atoms with van der Waals surface area (Å²) in [5.74, 6) is -1.64. The van der Waals surface area contributed by atoms with Crippen molar-refractivity contribution in [1.29, 1.82) is 0 Å². The van der Waals surface area contributed by atoms with Gasteiger partial charge >= 0.3 is 5.97 Å². The molecule has 8 heteroatoms. The summed E-state index contributed by atoms with van der Waals surface area (Å²) in [6.45, 7) is -0.481. The van der Waals surface area contributed by atoms with Gasteiger partial charge < -0.3 is 10.1 Å². The van der Waals surface area contributed by atoms with Crippen LogP contribution in [0.1, 0.15) is 6.42 Å². The molecule has 29 heavy (non-hydrogen) atoms. The molecule has 0 aromatic heterocycles. The number of rotatable bonds is 7. The number of sulfone groups is 1. The highest BCUT2D eigenvalue weighted by Crippen LogP contribution is 2.20. The standard InChI is InChI=1S/C21H18BrNO5S/c22-17-6-8-18(9-7-17)23-20(24)14-28-21(25)11-12-29(26,27)19-10-5-15-3-1-2-4-16(15)13-19/h1-10,13H,11-12,14H2,(H,23,24). The zero-order valence-corrected chi connectivity index (χ0v) is 17.7. The monoisotopic (exact) mass is 475 g/mol. The lowest BCUT2D eigenvalue weighted by Crippen LogP contribution is -2.22. The molecule has 1 N–H and O–H groups in total. The van der Waals surface area contributed by atoms with Crippen LogP contribution in [-0.2, 0) is 24.2 Å². The summed E-state index contributed by atoms with van der Waals surface area (Å²) >= 11 is 3.29. The molecule has 3 rings (SSSR count). The molecule has 0 radical (unpaired) electrons. The number of anilines is 1. The summed E-state index contributed by atoms with van der Waals surface area (Å²) in [5.41, 5.74) is 0.563. The first-order chi connectivity index (χ1) is 13.8. The molecule has 3 aromatic rings. The fourth-order valence-corrected chi connectivity index (χ4v) is 4.16. The number of amides is 1. The first kappa shape index (κ1) is 21.0. The number of fused-ring (bicyclic) bond motifs is 1. The van der Waals surface area contributed by atoms with Crippen molar-refractivity contribution in [2.45, 2.75) is 11.3 Å². The van der Waals surface area contributed by atoms with Crippen LogP contribution < -0.4 is 5.32 Å². The molecule has 150 valence electrons. The summed E-state index contributed by atoms with van der Waals surface area (Å²) in [6, 6.07) is 19.2. The lowest BCUT2D eigenvalue weighted by Gasteiger charge is -2.08. The van der Waals surface area contributed by atoms with Crippen molar-refractivity contribution in [2.75, 3.05) is 17.7 Å². The number of carbonyl (C=O) groups is 2. The van der Waals surface area contributed by atoms with E-state index in [1.165, 1.54) is 6.07 Å². The van der Waals surface area contributed by atoms with Crippen LogP contribution in [-0.4, -0.2) is 32.7 Å². The molecule has 0 saturated heterocycles. The number of esters is 1. The van der Waals surface area contributed by atoms with Gasteiger partial charge in [0.25, 0.3) is 5.91 Å². The van der Waals surface area contributed by atoms with Crippen molar-refractivity contribution in [2.24, 2.45) is 0 Å². The van der Waals surface area contributed by atoms with Crippen molar-refractivity contribution < 1.29 is 22.7 Å². The Bertz CT molecular complexity index is 1140. The molecule has 0 atom stereocenters. The quantitative estimate of drug-likeness (QED) is 0.522. The van der Waals surface area contributed by atoms with Crippen molar-refractivity contribution >= 4 is 54.1 Å². The van der Waals surface area contributed by atoms with E-state index >= 15 is 0 Å². The SMILES string of the molecule is O=C(COC(=O)CCS(=O)(=O)c1ccc2ccccc2c1)Nc1ccc(Br)cc1. The molecule has 0 aliphatic heterocycles. The zero-order valence-electron chi connectivity index (χ0n) is 15.3. The average molecular weight is 476 g/mol. The molecule has 0 bridgehead atoms. The van der Waals surface area contributed by atoms with Crippen LogP contribution in [0.5, 0.6) is 0 Å². The molecule has 6 nitrogen and oxygen atoms in total. The fraction of sp³-hybridized carbons (Fsp3) is 0.143. The van der Waals surface area contributed by atoms with Crippen LogP contribution in [0.4, 0.5) is 5.69 Å². The maximum absolute atomic E-state index is 12.5. The molecular formula is C21H18BrNO5S. The second kappa shape index (κ2) is 9.19. The number of nitrogens with one attached hydrogen (secondary N) is 1. The van der Waals surface area contributed by atoms with E-state index in [2.05, 4.69) is 21.2 Å². The molecule has 0 saturated carbocycles. The minimum Gasteiger partial charge on any atom is -0.456 e. The van der Waals surface area contributed by atoms with Gasteiger partial charge in [-0.3, -0.25) is 9.59 Å². The minimum atomic E-state index is -3.64. The number of carbonyl (C=O) groups excluding carboxylic acids is 2. The Kier molecular flexibility index (Phi) is 6.66. The normalized spacial score (nSPS) is 11.2. The average Bonchev–Trinajstić information content (AvgIpc) is 2.72. The van der Waals surface area contributed by atoms with Crippen LogP contribution in [0, 0.1) is 0 Å². The Morgan fingerprint density at radius 3 is 2.34 bits per heavy atom. The van der Waals surface area contributed by atoms with E-state index in [-0.39, 0.29) is 11.3 Å². The summed E-state index contributed by atoms with van der Waals surface area (Å²) < 4.78 is 30.7. The first-order valence-electron chi connectivity index (χ1n) is 8.76. The van der Waals surface area contributed by atoms with Crippen LogP contribution in [0.3, 0.4) is 0 Å². The number of ether oxygens (including phenoxy) is 1. The molecule has 0 heterocycles. The molecule has 0 aliphatic carbocycles. The first-order valence-corrected chi connectivity index (χ1v) is 11.2. The highest BCUT2D eigenvalue weighted by atomic mass is 79.9. The molecule has 3 aromatic carbocycles. The summed E-state index contributed by atoms with van der Waals surface area (Å²) in [4.78, 5) is 23.8. The molecule has 0 aliphatic rings. The van der Waals surface area contributed by atoms with Gasteiger partial charge in [0.1, 0.15) is 0 Å². The Morgan fingerprint density at radius 2 is 1.62 bits per heavy atom. The van der Waals surface area contributed by atoms with Gasteiger partial charge in [-0.15, -0.1) is 0 Å². The molecule has 0 spiro atoms. The van der Waals surface area contributed by atoms with Gasteiger partial charge in [0.05, 0.1) is 17.1 Å². The van der Waals surface area contributed by atoms with E-state index in [0.29, 0.717) is 5.69 Å². The maximum Gasteiger partial charge on any atom is 0.307 e. The van der Waals surface area contributed by atoms with E-state index in [9.17, 15) is 18.0 Å². The topological polar surface area (TPSA) is 89.5 Å². The van der Waals surface area contributed by atoms with Gasteiger partial charge in [0.2, 0.25) is 0 Å². The fourth-order valence-electron chi connectivity index (χ4n) is 2.64. The number of hydrogen-bond acceptors (Lipinski definition) is 5. The van der Waals surface area contributed by atoms with Crippen LogP contribution in [0.2, 0.25) is 0 Å². The van der Waals surface area contributed by atoms with Crippen molar-refractivity contribution in [1.82, 2.24) is 0 Å². The third-order valence-corrected chi connectivity index (χ3v) is 6.39. The van der Waals surface area contributed by atoms with E-state index in [1.54, 1.807) is 36.4 Å². The third-order valence-electron chi connectivity index (χ3n) is 4.15. The van der Waals surface area contributed by atoms with Gasteiger partial charge in [-0.25, -0.2) is 8.42 Å². The van der Waals surface area contributed by atoms with Crippen LogP contribution in [0.25, 0.3) is 10.8 Å². The molecule has 0 unspecified atom stereocenters. The molecular weight excluding hydrogens is 458 g/mol. The van der Waals surface area contributed by atoms with Gasteiger partial charge in [-0.05, 0) is 47.2 Å². The van der Waals surface area contributed by atoms with E-state index < -0.39 is 34.1 Å². The predicted molar refractivity (Wildman–Crippen MR) is 114 cm³/mol. The summed E-state index contributed by atoms with van der Waals surface area (Å²) in [5, 5.41) is 4.32. The number of halogens is 1. The van der Waals surface area contributed by atoms with E-state index in [4.69, 9.17) is 4.74 Å². The lowest BCUT2D eigenvalue weighted by molar-refractivity contribution is -0.146. The van der Waals surface area contributed by atoms with Gasteiger partial charge in [-0.1, -0.05) is 46.3 Å². The van der Waals surface area contributed by atoms with Crippen molar-refractivity contribution in [3.8, 4) is 0 Å². The van der Waals surface area contributed by atoms with Gasteiger partial charge in [0.15, 0.2) is 16.4 Å². The smallest absolute Gasteiger partial charge is 0.307 e. The van der Waals surface area contributed by atoms with Crippen molar-refractivity contribution in [3.05, 3.63) is 71.2 Å². The summed E-state index contributed by atoms with van der Waals surface area (Å²) in [7, 11) is -3.64. The lowest BCUT2D eigenvalue weighted by atomic mass is 10.1. The van der Waals surface area contributed by atoms with Crippen LogP contribution in [0.15, 0.2) is 76.1 Å². The Morgan fingerprint density at radius 1 is 0.931 bits per heavy atom. The third kappa shape index (κ3) is 5.88. The molecule has 0 fully saturated rings. The highest BCUT2D eigenvalue weighted by molar-refractivity contribution is 9.10. The summed E-state index contributed by atoms with van der Waals surface area (Å²) in [6.07, 6.45) is -0.333. The van der Waals surface area contributed by atoms with Crippen LogP contribution >= 0.6 is 15.9 Å². The zero-order chi connectivity index (χ0) is 20.9. The Balaban J connectivity index is 1.51. The predicted octanol–water partition coefficient (Wildman–Crippen LogP) is 3.95. The second-order valence-electron chi connectivity index (χ2n) is 6.29. The minimum absolute atomic E-state index is 0.150. The second-order valence-corrected chi connectivity index (χ2v) is 9.32. The van der Waals surface area contributed by atoms with Gasteiger partial charge in [0, 0.05) is 10.2 Å². The highest BCUT2D eigenvalue weighted by Gasteiger charge is 2.18. The van der Waals surface area contributed by atoms with E-state index in [0.717, 1.165) is 15.2 Å². The number of hydrogen-bond donors (Lipinski definition) is 1. The number of benzene rings is 3. The van der Waals surface area contributed by atoms with Gasteiger partial charge in [-0.2, -0.15) is 0 Å². The largest absolute Gasteiger partial charge is 0.456 e. The Hall–Kier alpha value is -2.71.